The molecule has 0 aliphatic heterocycles. The second kappa shape index (κ2) is 4.56. The third-order valence-corrected chi connectivity index (χ3v) is 9.96. The molecule has 0 unspecified atom stereocenters. The van der Waals surface area contributed by atoms with E-state index in [4.69, 9.17) is 9.05 Å². The van der Waals surface area contributed by atoms with Crippen molar-refractivity contribution in [3.63, 3.8) is 0 Å². The van der Waals surface area contributed by atoms with Gasteiger partial charge in [-0.1, -0.05) is 19.6 Å². The van der Waals surface area contributed by atoms with E-state index in [-0.39, 0.29) is 0 Å². The molecule has 0 fully saturated rings. The fourth-order valence-corrected chi connectivity index (χ4v) is 5.39. The first-order valence-electron chi connectivity index (χ1n) is 4.26. The topological polar surface area (TPSA) is 35.5 Å². The van der Waals surface area contributed by atoms with Crippen molar-refractivity contribution in [2.45, 2.75) is 33.5 Å². The molecule has 0 atom stereocenters. The SMILES string of the molecule is CCOP(=O)(OCC)[Si](C)(C)C. The Kier molecular flexibility index (Phi) is 4.70. The Morgan fingerprint density at radius 3 is 1.58 bits per heavy atom. The van der Waals surface area contributed by atoms with Crippen LogP contribution < -0.4 is 0 Å². The van der Waals surface area contributed by atoms with Crippen LogP contribution >= 0.6 is 7.14 Å². The predicted molar refractivity (Wildman–Crippen MR) is 54.2 cm³/mol. The van der Waals surface area contributed by atoms with E-state index in [2.05, 4.69) is 0 Å². The summed E-state index contributed by atoms with van der Waals surface area (Å²) in [6.07, 6.45) is 0. The van der Waals surface area contributed by atoms with Gasteiger partial charge in [0.25, 0.3) is 7.14 Å². The molecule has 74 valence electrons. The largest absolute Gasteiger partial charge is 0.313 e. The average Bonchev–Trinajstić information content (AvgIpc) is 1.86. The maximum absolute atomic E-state index is 12.1. The van der Waals surface area contributed by atoms with Crippen LogP contribution in [0, 0.1) is 0 Å². The molecule has 0 aromatic rings. The molecule has 0 amide bonds. The van der Waals surface area contributed by atoms with E-state index in [0.29, 0.717) is 13.2 Å². The predicted octanol–water partition coefficient (Wildman–Crippen LogP) is 3.09. The molecule has 3 nitrogen and oxygen atoms in total. The van der Waals surface area contributed by atoms with Crippen LogP contribution in [0.3, 0.4) is 0 Å². The van der Waals surface area contributed by atoms with Crippen molar-refractivity contribution < 1.29 is 13.6 Å². The lowest BCUT2D eigenvalue weighted by Crippen LogP contribution is -2.24. The fourth-order valence-electron chi connectivity index (χ4n) is 0.764. The van der Waals surface area contributed by atoms with Crippen LogP contribution in [0.2, 0.25) is 19.6 Å². The van der Waals surface area contributed by atoms with Crippen LogP contribution in [0.15, 0.2) is 0 Å². The zero-order valence-electron chi connectivity index (χ0n) is 8.59. The summed E-state index contributed by atoms with van der Waals surface area (Å²) in [6, 6.07) is 0. The van der Waals surface area contributed by atoms with Crippen molar-refractivity contribution in [2.24, 2.45) is 0 Å². The number of hydrogen-bond donors (Lipinski definition) is 0. The summed E-state index contributed by atoms with van der Waals surface area (Å²) in [4.78, 5) is 0. The molecule has 0 bridgehead atoms. The van der Waals surface area contributed by atoms with Gasteiger partial charge in [-0.05, 0) is 13.8 Å². The first kappa shape index (κ1) is 12.4. The summed E-state index contributed by atoms with van der Waals surface area (Å²) in [6.45, 7) is 10.6. The normalized spacial score (nSPS) is 13.4. The average molecular weight is 210 g/mol. The van der Waals surface area contributed by atoms with E-state index in [9.17, 15) is 4.57 Å². The summed E-state index contributed by atoms with van der Waals surface area (Å²) in [5.74, 6) is 0. The molecule has 5 heteroatoms. The summed E-state index contributed by atoms with van der Waals surface area (Å²) < 4.78 is 22.5. The minimum atomic E-state index is -2.76. The first-order chi connectivity index (χ1) is 5.37. The molecule has 0 N–H and O–H groups in total. The van der Waals surface area contributed by atoms with Crippen LogP contribution in [0.1, 0.15) is 13.8 Å². The maximum Gasteiger partial charge on any atom is 0.296 e. The van der Waals surface area contributed by atoms with Crippen LogP contribution in [0.5, 0.6) is 0 Å². The van der Waals surface area contributed by atoms with Gasteiger partial charge in [-0.3, -0.25) is 4.57 Å². The first-order valence-corrected chi connectivity index (χ1v) is 10.1. The Morgan fingerprint density at radius 2 is 1.42 bits per heavy atom. The number of hydrogen-bond acceptors (Lipinski definition) is 3. The fraction of sp³-hybridized carbons (Fsp3) is 1.00. The monoisotopic (exact) mass is 210 g/mol. The summed E-state index contributed by atoms with van der Waals surface area (Å²) >= 11 is 0. The van der Waals surface area contributed by atoms with Gasteiger partial charge >= 0.3 is 0 Å². The molecule has 0 aromatic carbocycles. The van der Waals surface area contributed by atoms with Crippen LogP contribution in [-0.4, -0.2) is 21.0 Å². The second-order valence-electron chi connectivity index (χ2n) is 3.50. The minimum absolute atomic E-state index is 0.460. The van der Waals surface area contributed by atoms with Gasteiger partial charge in [0.2, 0.25) is 0 Å². The molecule has 0 aliphatic rings. The van der Waals surface area contributed by atoms with Gasteiger partial charge in [-0.2, -0.15) is 0 Å². The quantitative estimate of drug-likeness (QED) is 0.516. The lowest BCUT2D eigenvalue weighted by Gasteiger charge is -2.27. The third-order valence-electron chi connectivity index (χ3n) is 1.42. The molecule has 0 saturated heterocycles. The van der Waals surface area contributed by atoms with Crippen molar-refractivity contribution in [1.29, 1.82) is 0 Å². The number of rotatable bonds is 5. The van der Waals surface area contributed by atoms with Crippen molar-refractivity contribution >= 4 is 14.9 Å². The van der Waals surface area contributed by atoms with Crippen molar-refractivity contribution in [3.8, 4) is 0 Å². The Balaban J connectivity index is 4.51. The Labute approximate surface area is 75.9 Å². The highest BCUT2D eigenvalue weighted by molar-refractivity contribution is 7.92. The van der Waals surface area contributed by atoms with Crippen LogP contribution in [-0.2, 0) is 13.6 Å². The second-order valence-corrected chi connectivity index (χ2v) is 15.0. The Hall–Kier alpha value is 0.367. The summed E-state index contributed by atoms with van der Waals surface area (Å²) in [5, 5.41) is 0. The van der Waals surface area contributed by atoms with E-state index in [1.807, 2.05) is 33.5 Å². The molecule has 0 aromatic heterocycles. The van der Waals surface area contributed by atoms with Gasteiger partial charge < -0.3 is 9.05 Å². The summed E-state index contributed by atoms with van der Waals surface area (Å²) in [5.41, 5.74) is 0. The molecule has 0 saturated carbocycles. The van der Waals surface area contributed by atoms with E-state index in [1.54, 1.807) is 0 Å². The van der Waals surface area contributed by atoms with Crippen molar-refractivity contribution in [1.82, 2.24) is 0 Å². The minimum Gasteiger partial charge on any atom is -0.313 e. The molecule has 0 spiro atoms. The molecule has 0 heterocycles. The lowest BCUT2D eigenvalue weighted by atomic mass is 10.9. The van der Waals surface area contributed by atoms with Gasteiger partial charge in [0.05, 0.1) is 13.2 Å². The highest BCUT2D eigenvalue weighted by Gasteiger charge is 2.40. The van der Waals surface area contributed by atoms with E-state index in [0.717, 1.165) is 0 Å². The molecular formula is C7H19O3PSi. The van der Waals surface area contributed by atoms with Gasteiger partial charge in [0, 0.05) is 0 Å². The lowest BCUT2D eigenvalue weighted by molar-refractivity contribution is 0.233. The smallest absolute Gasteiger partial charge is 0.296 e. The zero-order chi connectivity index (χ0) is 9.83. The van der Waals surface area contributed by atoms with E-state index in [1.165, 1.54) is 0 Å². The highest BCUT2D eigenvalue weighted by Crippen LogP contribution is 2.56. The molecule has 0 radical (unpaired) electrons. The van der Waals surface area contributed by atoms with Crippen molar-refractivity contribution in [3.05, 3.63) is 0 Å². The molecule has 12 heavy (non-hydrogen) atoms. The van der Waals surface area contributed by atoms with Gasteiger partial charge in [-0.25, -0.2) is 0 Å². The molecular weight excluding hydrogens is 191 g/mol. The standard InChI is InChI=1S/C7H19O3PSi/c1-6-9-11(8,10-7-2)12(3,4)5/h6-7H2,1-5H3. The van der Waals surface area contributed by atoms with E-state index >= 15 is 0 Å². The van der Waals surface area contributed by atoms with Gasteiger partial charge in [0.15, 0.2) is 7.74 Å². The van der Waals surface area contributed by atoms with Crippen LogP contribution in [0.4, 0.5) is 0 Å². The highest BCUT2D eigenvalue weighted by atomic mass is 31.4. The van der Waals surface area contributed by atoms with Crippen molar-refractivity contribution in [2.75, 3.05) is 13.2 Å². The third kappa shape index (κ3) is 3.02. The molecule has 0 aliphatic carbocycles. The maximum atomic E-state index is 12.1. The zero-order valence-corrected chi connectivity index (χ0v) is 10.5. The molecule has 0 rings (SSSR count). The van der Waals surface area contributed by atoms with Gasteiger partial charge in [0.1, 0.15) is 0 Å². The van der Waals surface area contributed by atoms with Gasteiger partial charge in [-0.15, -0.1) is 0 Å². The Morgan fingerprint density at radius 1 is 1.08 bits per heavy atom. The van der Waals surface area contributed by atoms with E-state index < -0.39 is 14.9 Å². The Bertz CT molecular complexity index is 166. The van der Waals surface area contributed by atoms with Crippen LogP contribution in [0.25, 0.3) is 0 Å². The summed E-state index contributed by atoms with van der Waals surface area (Å²) in [7, 11) is -4.61.